The molecular formula is C20H32N2O2. The quantitative estimate of drug-likeness (QED) is 0.835. The second kappa shape index (κ2) is 9.19. The molecule has 1 aliphatic rings. The van der Waals surface area contributed by atoms with Gasteiger partial charge in [0.1, 0.15) is 0 Å². The Morgan fingerprint density at radius 3 is 2.46 bits per heavy atom. The van der Waals surface area contributed by atoms with Crippen molar-refractivity contribution in [3.8, 4) is 0 Å². The summed E-state index contributed by atoms with van der Waals surface area (Å²) < 4.78 is 0. The number of amides is 1. The predicted octanol–water partition coefficient (Wildman–Crippen LogP) is 2.83. The first-order chi connectivity index (χ1) is 11.5. The van der Waals surface area contributed by atoms with E-state index in [1.807, 2.05) is 11.8 Å². The Balaban J connectivity index is 1.88. The molecule has 1 unspecified atom stereocenters. The van der Waals surface area contributed by atoms with Crippen LogP contribution in [0.25, 0.3) is 0 Å². The van der Waals surface area contributed by atoms with Crippen LogP contribution in [0.3, 0.4) is 0 Å². The van der Waals surface area contributed by atoms with Crippen molar-refractivity contribution in [2.45, 2.75) is 52.7 Å². The molecule has 0 radical (unpaired) electrons. The van der Waals surface area contributed by atoms with Crippen molar-refractivity contribution in [2.24, 2.45) is 5.92 Å². The summed E-state index contributed by atoms with van der Waals surface area (Å²) >= 11 is 0. The normalized spacial score (nSPS) is 17.7. The van der Waals surface area contributed by atoms with Gasteiger partial charge in [0.05, 0.1) is 12.6 Å². The summed E-state index contributed by atoms with van der Waals surface area (Å²) in [6, 6.07) is 8.42. The minimum absolute atomic E-state index is 0.216. The molecule has 0 aliphatic carbocycles. The summed E-state index contributed by atoms with van der Waals surface area (Å²) in [7, 11) is 0. The summed E-state index contributed by atoms with van der Waals surface area (Å²) in [6.07, 6.45) is 2.70. The number of carbonyl (C=O) groups excluding carboxylic acids is 1. The van der Waals surface area contributed by atoms with Crippen LogP contribution in [0.5, 0.6) is 0 Å². The molecule has 0 saturated carbocycles. The average molecular weight is 332 g/mol. The molecule has 0 aromatic heterocycles. The molecule has 1 aromatic rings. The fourth-order valence-electron chi connectivity index (χ4n) is 3.36. The SMILES string of the molecule is CCCN(Cc1ccc(C)cc1)C(=O)CN1CCC(C(C)O)CC1. The maximum atomic E-state index is 12.7. The third-order valence-corrected chi connectivity index (χ3v) is 5.01. The van der Waals surface area contributed by atoms with Gasteiger partial charge in [0.25, 0.3) is 0 Å². The fraction of sp³-hybridized carbons (Fsp3) is 0.650. The van der Waals surface area contributed by atoms with Crippen molar-refractivity contribution < 1.29 is 9.90 Å². The number of hydrogen-bond donors (Lipinski definition) is 1. The summed E-state index contributed by atoms with van der Waals surface area (Å²) in [5.41, 5.74) is 2.43. The number of likely N-dealkylation sites (tertiary alicyclic amines) is 1. The highest BCUT2D eigenvalue weighted by molar-refractivity contribution is 5.78. The fourth-order valence-corrected chi connectivity index (χ4v) is 3.36. The molecule has 1 amide bonds. The maximum absolute atomic E-state index is 12.7. The molecule has 1 aliphatic heterocycles. The van der Waals surface area contributed by atoms with E-state index in [-0.39, 0.29) is 12.0 Å². The lowest BCUT2D eigenvalue weighted by atomic mass is 9.92. The lowest BCUT2D eigenvalue weighted by Crippen LogP contribution is -2.44. The van der Waals surface area contributed by atoms with Gasteiger partial charge in [-0.1, -0.05) is 36.8 Å². The molecule has 2 rings (SSSR count). The van der Waals surface area contributed by atoms with Gasteiger partial charge >= 0.3 is 0 Å². The summed E-state index contributed by atoms with van der Waals surface area (Å²) in [5, 5.41) is 9.69. The van der Waals surface area contributed by atoms with E-state index in [1.54, 1.807) is 0 Å². The Morgan fingerprint density at radius 1 is 1.29 bits per heavy atom. The van der Waals surface area contributed by atoms with Gasteiger partial charge in [0.2, 0.25) is 5.91 Å². The highest BCUT2D eigenvalue weighted by Crippen LogP contribution is 2.20. The molecule has 1 fully saturated rings. The zero-order valence-electron chi connectivity index (χ0n) is 15.4. The monoisotopic (exact) mass is 332 g/mol. The number of carbonyl (C=O) groups is 1. The second-order valence-electron chi connectivity index (χ2n) is 7.16. The van der Waals surface area contributed by atoms with E-state index in [0.29, 0.717) is 19.0 Å². The number of aliphatic hydroxyl groups is 1. The molecule has 1 atom stereocenters. The highest BCUT2D eigenvalue weighted by atomic mass is 16.3. The van der Waals surface area contributed by atoms with Crippen LogP contribution in [0.1, 0.15) is 44.2 Å². The summed E-state index contributed by atoms with van der Waals surface area (Å²) in [5.74, 6) is 0.601. The number of benzene rings is 1. The van der Waals surface area contributed by atoms with Crippen LogP contribution in [0.4, 0.5) is 0 Å². The average Bonchev–Trinajstić information content (AvgIpc) is 2.57. The number of aryl methyl sites for hydroxylation is 1. The van der Waals surface area contributed by atoms with Crippen LogP contribution in [-0.4, -0.2) is 53.1 Å². The molecule has 1 aromatic carbocycles. The van der Waals surface area contributed by atoms with Crippen LogP contribution in [0, 0.1) is 12.8 Å². The lowest BCUT2D eigenvalue weighted by Gasteiger charge is -2.34. The summed E-state index contributed by atoms with van der Waals surface area (Å²) in [6.45, 7) is 9.87. The Bertz CT molecular complexity index is 505. The Morgan fingerprint density at radius 2 is 1.92 bits per heavy atom. The van der Waals surface area contributed by atoms with Gasteiger partial charge in [-0.05, 0) is 57.7 Å². The molecule has 134 valence electrons. The Hall–Kier alpha value is -1.39. The van der Waals surface area contributed by atoms with E-state index in [2.05, 4.69) is 43.0 Å². The standard InChI is InChI=1S/C20H32N2O2/c1-4-11-22(14-18-7-5-16(2)6-8-18)20(24)15-21-12-9-19(10-13-21)17(3)23/h5-8,17,19,23H,4,9-15H2,1-3H3. The van der Waals surface area contributed by atoms with Gasteiger partial charge < -0.3 is 10.0 Å². The first-order valence-corrected chi connectivity index (χ1v) is 9.23. The van der Waals surface area contributed by atoms with E-state index in [9.17, 15) is 9.90 Å². The highest BCUT2D eigenvalue weighted by Gasteiger charge is 2.25. The van der Waals surface area contributed by atoms with Crippen molar-refractivity contribution in [1.82, 2.24) is 9.80 Å². The molecular weight excluding hydrogens is 300 g/mol. The van der Waals surface area contributed by atoms with E-state index in [4.69, 9.17) is 0 Å². The van der Waals surface area contributed by atoms with Gasteiger partial charge in [-0.15, -0.1) is 0 Å². The minimum Gasteiger partial charge on any atom is -0.393 e. The Labute approximate surface area is 146 Å². The van der Waals surface area contributed by atoms with Gasteiger partial charge in [-0.3, -0.25) is 9.69 Å². The van der Waals surface area contributed by atoms with Crippen molar-refractivity contribution in [3.05, 3.63) is 35.4 Å². The molecule has 4 heteroatoms. The van der Waals surface area contributed by atoms with Crippen LogP contribution >= 0.6 is 0 Å². The summed E-state index contributed by atoms with van der Waals surface area (Å²) in [4.78, 5) is 16.9. The maximum Gasteiger partial charge on any atom is 0.237 e. The minimum atomic E-state index is -0.235. The van der Waals surface area contributed by atoms with Crippen molar-refractivity contribution >= 4 is 5.91 Å². The van der Waals surface area contributed by atoms with Crippen molar-refractivity contribution in [2.75, 3.05) is 26.2 Å². The molecule has 0 spiro atoms. The van der Waals surface area contributed by atoms with Crippen LogP contribution < -0.4 is 0 Å². The number of aliphatic hydroxyl groups excluding tert-OH is 1. The third kappa shape index (κ3) is 5.60. The number of hydrogen-bond acceptors (Lipinski definition) is 3. The number of rotatable bonds is 7. The predicted molar refractivity (Wildman–Crippen MR) is 97.7 cm³/mol. The van der Waals surface area contributed by atoms with Crippen LogP contribution in [0.2, 0.25) is 0 Å². The molecule has 24 heavy (non-hydrogen) atoms. The van der Waals surface area contributed by atoms with Crippen LogP contribution in [0.15, 0.2) is 24.3 Å². The molecule has 0 bridgehead atoms. The molecule has 1 N–H and O–H groups in total. The molecule has 1 heterocycles. The molecule has 4 nitrogen and oxygen atoms in total. The smallest absolute Gasteiger partial charge is 0.237 e. The number of piperidine rings is 1. The largest absolute Gasteiger partial charge is 0.393 e. The number of nitrogens with zero attached hydrogens (tertiary/aromatic N) is 2. The Kier molecular flexibility index (Phi) is 7.25. The zero-order chi connectivity index (χ0) is 17.5. The van der Waals surface area contributed by atoms with Crippen LogP contribution in [-0.2, 0) is 11.3 Å². The van der Waals surface area contributed by atoms with Gasteiger partial charge in [-0.25, -0.2) is 0 Å². The van der Waals surface area contributed by atoms with E-state index < -0.39 is 0 Å². The van der Waals surface area contributed by atoms with Gasteiger partial charge in [-0.2, -0.15) is 0 Å². The first kappa shape index (κ1) is 18.9. The van der Waals surface area contributed by atoms with Crippen molar-refractivity contribution in [1.29, 1.82) is 0 Å². The van der Waals surface area contributed by atoms with Crippen molar-refractivity contribution in [3.63, 3.8) is 0 Å². The first-order valence-electron chi connectivity index (χ1n) is 9.23. The molecule has 1 saturated heterocycles. The van der Waals surface area contributed by atoms with E-state index in [1.165, 1.54) is 11.1 Å². The van der Waals surface area contributed by atoms with Gasteiger partial charge in [0, 0.05) is 13.1 Å². The van der Waals surface area contributed by atoms with E-state index in [0.717, 1.165) is 38.9 Å². The second-order valence-corrected chi connectivity index (χ2v) is 7.16. The van der Waals surface area contributed by atoms with E-state index >= 15 is 0 Å². The zero-order valence-corrected chi connectivity index (χ0v) is 15.4. The lowest BCUT2D eigenvalue weighted by molar-refractivity contribution is -0.133. The third-order valence-electron chi connectivity index (χ3n) is 5.01. The topological polar surface area (TPSA) is 43.8 Å². The van der Waals surface area contributed by atoms with Gasteiger partial charge in [0.15, 0.2) is 0 Å².